The van der Waals surface area contributed by atoms with E-state index >= 15 is 0 Å². The van der Waals surface area contributed by atoms with Crippen LogP contribution in [0.15, 0.2) is 12.1 Å². The Morgan fingerprint density at radius 1 is 0.968 bits per heavy atom. The minimum Gasteiger partial charge on any atom is -0.347 e. The fourth-order valence-corrected chi connectivity index (χ4v) is 6.73. The summed E-state index contributed by atoms with van der Waals surface area (Å²) in [5, 5.41) is 5.83. The van der Waals surface area contributed by atoms with E-state index in [2.05, 4.69) is 10.6 Å². The number of carbonyl (C=O) groups excluding carboxylic acids is 3. The van der Waals surface area contributed by atoms with Gasteiger partial charge in [0.15, 0.2) is 0 Å². The summed E-state index contributed by atoms with van der Waals surface area (Å²) >= 11 is 0. The Morgan fingerprint density at radius 2 is 1.48 bits per heavy atom. The molecule has 0 atom stereocenters. The molecule has 168 valence electrons. The van der Waals surface area contributed by atoms with Crippen LogP contribution >= 0.6 is 0 Å². The third-order valence-electron chi connectivity index (χ3n) is 7.67. The third-order valence-corrected chi connectivity index (χ3v) is 7.67. The molecule has 1 aromatic rings. The third kappa shape index (κ3) is 4.48. The number of hydrogen-bond acceptors (Lipinski definition) is 3. The highest BCUT2D eigenvalue weighted by atomic mass is 16.2. The monoisotopic (exact) mass is 425 g/mol. The highest BCUT2D eigenvalue weighted by Gasteiger charge is 2.54. The van der Waals surface area contributed by atoms with Gasteiger partial charge in [0.2, 0.25) is 17.7 Å². The number of rotatable bonds is 6. The summed E-state index contributed by atoms with van der Waals surface area (Å²) in [6.45, 7) is 5.86. The molecule has 4 aliphatic carbocycles. The van der Waals surface area contributed by atoms with Crippen LogP contribution in [0.3, 0.4) is 0 Å². The van der Waals surface area contributed by atoms with E-state index in [1.165, 1.54) is 24.2 Å². The number of hydrogen-bond donors (Lipinski definition) is 2. The Labute approximate surface area is 185 Å². The van der Waals surface area contributed by atoms with E-state index < -0.39 is 0 Å². The van der Waals surface area contributed by atoms with Crippen molar-refractivity contribution in [2.24, 2.45) is 23.2 Å². The zero-order valence-corrected chi connectivity index (χ0v) is 19.2. The summed E-state index contributed by atoms with van der Waals surface area (Å²) in [7, 11) is 1.60. The van der Waals surface area contributed by atoms with Gasteiger partial charge in [-0.15, -0.1) is 0 Å². The summed E-state index contributed by atoms with van der Waals surface area (Å²) in [5.74, 6) is 1.63. The normalized spacial score (nSPS) is 28.3. The van der Waals surface area contributed by atoms with Crippen molar-refractivity contribution in [2.75, 3.05) is 25.5 Å². The minimum atomic E-state index is -0.258. The zero-order chi connectivity index (χ0) is 22.3. The topological polar surface area (TPSA) is 78.5 Å². The van der Waals surface area contributed by atoms with Crippen LogP contribution in [-0.2, 0) is 14.4 Å². The van der Waals surface area contributed by atoms with E-state index in [1.54, 1.807) is 7.05 Å². The lowest BCUT2D eigenvalue weighted by Gasteiger charge is -2.55. The van der Waals surface area contributed by atoms with Gasteiger partial charge >= 0.3 is 0 Å². The van der Waals surface area contributed by atoms with Gasteiger partial charge in [0.05, 0.1) is 13.1 Å². The Hall–Kier alpha value is -2.37. The lowest BCUT2D eigenvalue weighted by molar-refractivity contribution is -0.147. The maximum absolute atomic E-state index is 13.0. The van der Waals surface area contributed by atoms with Crippen molar-refractivity contribution in [1.82, 2.24) is 10.2 Å². The van der Waals surface area contributed by atoms with Gasteiger partial charge in [0.25, 0.3) is 0 Å². The van der Waals surface area contributed by atoms with Crippen LogP contribution in [0.25, 0.3) is 0 Å². The summed E-state index contributed by atoms with van der Waals surface area (Å²) in [6.07, 6.45) is 6.78. The lowest BCUT2D eigenvalue weighted by atomic mass is 9.49. The number of carbonyl (C=O) groups is 3. The van der Waals surface area contributed by atoms with Crippen molar-refractivity contribution in [3.8, 4) is 0 Å². The molecular formula is C25H35N3O3. The molecule has 2 N–H and O–H groups in total. The molecule has 1 aromatic carbocycles. The van der Waals surface area contributed by atoms with Crippen molar-refractivity contribution in [1.29, 1.82) is 0 Å². The maximum atomic E-state index is 13.0. The summed E-state index contributed by atoms with van der Waals surface area (Å²) < 4.78 is 0. The maximum Gasteiger partial charge on any atom is 0.243 e. The van der Waals surface area contributed by atoms with Gasteiger partial charge in [-0.05, 0) is 88.2 Å². The molecule has 4 aliphatic rings. The predicted octanol–water partition coefficient (Wildman–Crippen LogP) is 3.34. The molecule has 6 heteroatoms. The van der Waals surface area contributed by atoms with Gasteiger partial charge in [0, 0.05) is 18.2 Å². The van der Waals surface area contributed by atoms with Crippen LogP contribution in [0.1, 0.15) is 55.2 Å². The Kier molecular flexibility index (Phi) is 5.84. The number of nitrogens with zero attached hydrogens (tertiary/aromatic N) is 1. The first kappa shape index (κ1) is 21.8. The number of nitrogens with one attached hydrogen (secondary N) is 2. The predicted molar refractivity (Wildman–Crippen MR) is 121 cm³/mol. The average Bonchev–Trinajstić information content (AvgIpc) is 2.67. The van der Waals surface area contributed by atoms with Gasteiger partial charge in [-0.1, -0.05) is 17.7 Å². The Bertz CT molecular complexity index is 849. The number of likely N-dealkylation sites (N-methyl/N-ethyl adjacent to an activating group) is 1. The lowest BCUT2D eigenvalue weighted by Crippen LogP contribution is -2.54. The first-order chi connectivity index (χ1) is 14.6. The zero-order valence-electron chi connectivity index (χ0n) is 19.2. The molecule has 4 fully saturated rings. The fraction of sp³-hybridized carbons (Fsp3) is 0.640. The number of anilines is 1. The SMILES string of the molecule is Cc1cc(C)c(NC(=O)CN(C)C(=O)CNC(=O)C23CC4CC(CC(C4)C2)C3)c(C)c1. The highest BCUT2D eigenvalue weighted by Crippen LogP contribution is 2.60. The quantitative estimate of drug-likeness (QED) is 0.734. The van der Waals surface area contributed by atoms with E-state index in [1.807, 2.05) is 32.9 Å². The van der Waals surface area contributed by atoms with Gasteiger partial charge in [-0.2, -0.15) is 0 Å². The Balaban J connectivity index is 1.28. The molecule has 0 aromatic heterocycles. The molecule has 4 bridgehead atoms. The van der Waals surface area contributed by atoms with Crippen LogP contribution < -0.4 is 10.6 Å². The van der Waals surface area contributed by atoms with Gasteiger partial charge in [0.1, 0.15) is 0 Å². The average molecular weight is 426 g/mol. The van der Waals surface area contributed by atoms with Crippen LogP contribution in [-0.4, -0.2) is 42.8 Å². The van der Waals surface area contributed by atoms with Crippen LogP contribution in [0.5, 0.6) is 0 Å². The number of benzene rings is 1. The molecule has 0 spiro atoms. The minimum absolute atomic E-state index is 0.0428. The van der Waals surface area contributed by atoms with E-state index in [0.29, 0.717) is 17.8 Å². The van der Waals surface area contributed by atoms with E-state index in [9.17, 15) is 14.4 Å². The molecule has 0 radical (unpaired) electrons. The van der Waals surface area contributed by atoms with E-state index in [-0.39, 0.29) is 36.2 Å². The first-order valence-electron chi connectivity index (χ1n) is 11.5. The first-order valence-corrected chi connectivity index (χ1v) is 11.5. The molecule has 0 saturated heterocycles. The molecule has 0 unspecified atom stereocenters. The second-order valence-corrected chi connectivity index (χ2v) is 10.5. The highest BCUT2D eigenvalue weighted by molar-refractivity contribution is 5.96. The summed E-state index contributed by atoms with van der Waals surface area (Å²) in [4.78, 5) is 39.5. The summed E-state index contributed by atoms with van der Waals surface area (Å²) in [6, 6.07) is 4.05. The summed E-state index contributed by atoms with van der Waals surface area (Å²) in [5.41, 5.74) is 3.69. The fourth-order valence-electron chi connectivity index (χ4n) is 6.73. The number of aryl methyl sites for hydroxylation is 3. The molecule has 0 aliphatic heterocycles. The van der Waals surface area contributed by atoms with Crippen molar-refractivity contribution < 1.29 is 14.4 Å². The van der Waals surface area contributed by atoms with Crippen molar-refractivity contribution in [3.63, 3.8) is 0 Å². The Morgan fingerprint density at radius 3 is 2.00 bits per heavy atom. The largest absolute Gasteiger partial charge is 0.347 e. The van der Waals surface area contributed by atoms with Crippen LogP contribution in [0.4, 0.5) is 5.69 Å². The van der Waals surface area contributed by atoms with Crippen LogP contribution in [0.2, 0.25) is 0 Å². The molecule has 0 heterocycles. The molecule has 31 heavy (non-hydrogen) atoms. The smallest absolute Gasteiger partial charge is 0.243 e. The molecule has 3 amide bonds. The molecule has 4 saturated carbocycles. The van der Waals surface area contributed by atoms with Crippen LogP contribution in [0, 0.1) is 43.9 Å². The van der Waals surface area contributed by atoms with Crippen molar-refractivity contribution in [3.05, 3.63) is 28.8 Å². The second-order valence-electron chi connectivity index (χ2n) is 10.5. The second kappa shape index (κ2) is 8.29. The van der Waals surface area contributed by atoms with E-state index in [4.69, 9.17) is 0 Å². The molecule has 6 nitrogen and oxygen atoms in total. The standard InChI is InChI=1S/C25H35N3O3/c1-15-5-16(2)23(17(3)6-15)27-21(29)14-28(4)22(30)13-26-24(31)25-10-18-7-19(11-25)9-20(8-18)12-25/h5-6,18-20H,7-14H2,1-4H3,(H,26,31)(H,27,29). The van der Waals surface area contributed by atoms with Crippen molar-refractivity contribution >= 4 is 23.4 Å². The molecular weight excluding hydrogens is 390 g/mol. The molecule has 5 rings (SSSR count). The van der Waals surface area contributed by atoms with Gasteiger partial charge < -0.3 is 15.5 Å². The van der Waals surface area contributed by atoms with Gasteiger partial charge in [-0.3, -0.25) is 14.4 Å². The van der Waals surface area contributed by atoms with Gasteiger partial charge in [-0.25, -0.2) is 0 Å². The van der Waals surface area contributed by atoms with E-state index in [0.717, 1.165) is 41.6 Å². The van der Waals surface area contributed by atoms with Crippen molar-refractivity contribution in [2.45, 2.75) is 59.3 Å². The number of amides is 3.